The Kier molecular flexibility index (Phi) is 2.80. The Morgan fingerprint density at radius 2 is 2.12 bits per heavy atom. The van der Waals surface area contributed by atoms with E-state index in [0.29, 0.717) is 0 Å². The molecule has 8 heteroatoms. The van der Waals surface area contributed by atoms with Gasteiger partial charge >= 0.3 is 0 Å². The van der Waals surface area contributed by atoms with Crippen molar-refractivity contribution < 1.29 is 26.5 Å². The SMILES string of the molecule is O=S(=O)(O)c1cccc2c1OC(Cl)CC2(F)F. The summed E-state index contributed by atoms with van der Waals surface area (Å²) in [5.41, 5.74) is -1.94. The van der Waals surface area contributed by atoms with E-state index in [0.717, 1.165) is 18.2 Å². The third kappa shape index (κ3) is 2.22. The van der Waals surface area contributed by atoms with Gasteiger partial charge in [-0.15, -0.1) is 0 Å². The van der Waals surface area contributed by atoms with Gasteiger partial charge in [0.15, 0.2) is 11.3 Å². The maximum absolute atomic E-state index is 13.6. The van der Waals surface area contributed by atoms with E-state index in [-0.39, 0.29) is 0 Å². The fraction of sp³-hybridized carbons (Fsp3) is 0.333. The van der Waals surface area contributed by atoms with E-state index in [2.05, 4.69) is 0 Å². The van der Waals surface area contributed by atoms with Crippen LogP contribution in [0.1, 0.15) is 12.0 Å². The van der Waals surface area contributed by atoms with Crippen LogP contribution < -0.4 is 4.74 Å². The molecule has 0 aliphatic carbocycles. The van der Waals surface area contributed by atoms with Gasteiger partial charge in [-0.2, -0.15) is 8.42 Å². The first-order chi connectivity index (χ1) is 7.72. The molecular weight excluding hydrogens is 278 g/mol. The number of halogens is 3. The van der Waals surface area contributed by atoms with Crippen LogP contribution in [0.5, 0.6) is 5.75 Å². The van der Waals surface area contributed by atoms with Gasteiger partial charge in [0.05, 0.1) is 12.0 Å². The van der Waals surface area contributed by atoms with Crippen LogP contribution in [0.2, 0.25) is 0 Å². The quantitative estimate of drug-likeness (QED) is 0.635. The first-order valence-electron chi connectivity index (χ1n) is 4.51. The first-order valence-corrected chi connectivity index (χ1v) is 6.39. The van der Waals surface area contributed by atoms with Crippen molar-refractivity contribution in [2.24, 2.45) is 0 Å². The van der Waals surface area contributed by atoms with E-state index in [1.165, 1.54) is 0 Å². The molecule has 0 fully saturated rings. The number of benzene rings is 1. The number of rotatable bonds is 1. The van der Waals surface area contributed by atoms with Gasteiger partial charge in [0.25, 0.3) is 16.0 Å². The third-order valence-corrected chi connectivity index (χ3v) is 3.43. The highest BCUT2D eigenvalue weighted by atomic mass is 35.5. The minimum Gasteiger partial charge on any atom is -0.472 e. The highest BCUT2D eigenvalue weighted by Gasteiger charge is 2.44. The number of ether oxygens (including phenoxy) is 1. The standard InChI is InChI=1S/C9H7ClF2O4S/c10-7-4-9(11,12)5-2-1-3-6(8(5)16-7)17(13,14)15/h1-3,7H,4H2,(H,13,14,15). The Hall–Kier alpha value is -0.920. The summed E-state index contributed by atoms with van der Waals surface area (Å²) in [4.78, 5) is -0.708. The summed E-state index contributed by atoms with van der Waals surface area (Å²) in [5.74, 6) is -3.88. The van der Waals surface area contributed by atoms with Crippen molar-refractivity contribution in [2.75, 3.05) is 0 Å². The van der Waals surface area contributed by atoms with E-state index < -0.39 is 44.2 Å². The summed E-state index contributed by atoms with van der Waals surface area (Å²) in [6, 6.07) is 3.11. The molecule has 94 valence electrons. The highest BCUT2D eigenvalue weighted by Crippen LogP contribution is 2.46. The van der Waals surface area contributed by atoms with Crippen LogP contribution in [-0.4, -0.2) is 18.5 Å². The van der Waals surface area contributed by atoms with Crippen LogP contribution in [0.15, 0.2) is 23.1 Å². The predicted octanol–water partition coefficient (Wildman–Crippen LogP) is 2.37. The van der Waals surface area contributed by atoms with Crippen molar-refractivity contribution in [2.45, 2.75) is 22.8 Å². The largest absolute Gasteiger partial charge is 0.472 e. The summed E-state index contributed by atoms with van der Waals surface area (Å²) in [6.07, 6.45) is -0.753. The van der Waals surface area contributed by atoms with Crippen molar-refractivity contribution in [1.29, 1.82) is 0 Å². The zero-order chi connectivity index (χ0) is 12.8. The van der Waals surface area contributed by atoms with Crippen LogP contribution >= 0.6 is 11.6 Å². The maximum Gasteiger partial charge on any atom is 0.298 e. The fourth-order valence-electron chi connectivity index (χ4n) is 1.61. The lowest BCUT2D eigenvalue weighted by atomic mass is 10.0. The first kappa shape index (κ1) is 12.5. The topological polar surface area (TPSA) is 63.6 Å². The van der Waals surface area contributed by atoms with E-state index >= 15 is 0 Å². The maximum atomic E-state index is 13.6. The fourth-order valence-corrected chi connectivity index (χ4v) is 2.54. The Morgan fingerprint density at radius 1 is 1.47 bits per heavy atom. The molecule has 2 rings (SSSR count). The second kappa shape index (κ2) is 3.79. The molecule has 17 heavy (non-hydrogen) atoms. The molecule has 1 atom stereocenters. The summed E-state index contributed by atoms with van der Waals surface area (Å²) >= 11 is 5.47. The molecule has 0 saturated heterocycles. The zero-order valence-corrected chi connectivity index (χ0v) is 9.80. The van der Waals surface area contributed by atoms with Crippen LogP contribution in [0, 0.1) is 0 Å². The summed E-state index contributed by atoms with van der Waals surface area (Å²) in [6.45, 7) is 0. The summed E-state index contributed by atoms with van der Waals surface area (Å²) in [7, 11) is -4.63. The van der Waals surface area contributed by atoms with Crippen molar-refractivity contribution in [3.05, 3.63) is 23.8 Å². The Labute approximate surface area is 101 Å². The molecule has 1 unspecified atom stereocenters. The molecule has 0 saturated carbocycles. The van der Waals surface area contributed by atoms with E-state index in [4.69, 9.17) is 20.9 Å². The molecule has 0 aromatic heterocycles. The molecule has 0 radical (unpaired) electrons. The van der Waals surface area contributed by atoms with Gasteiger partial charge in [0.1, 0.15) is 4.90 Å². The zero-order valence-electron chi connectivity index (χ0n) is 8.23. The smallest absolute Gasteiger partial charge is 0.298 e. The minimum atomic E-state index is -4.63. The van der Waals surface area contributed by atoms with Crippen molar-refractivity contribution in [1.82, 2.24) is 0 Å². The van der Waals surface area contributed by atoms with Gasteiger partial charge < -0.3 is 4.74 Å². The average molecular weight is 285 g/mol. The Morgan fingerprint density at radius 3 is 2.71 bits per heavy atom. The minimum absolute atomic E-state index is 0.591. The molecule has 1 aliphatic rings. The average Bonchev–Trinajstić information content (AvgIpc) is 2.13. The van der Waals surface area contributed by atoms with Gasteiger partial charge in [0.2, 0.25) is 0 Å². The molecule has 1 heterocycles. The van der Waals surface area contributed by atoms with Crippen LogP contribution in [0.3, 0.4) is 0 Å². The second-order valence-corrected chi connectivity index (χ2v) is 5.42. The Bertz CT molecular complexity index is 558. The molecule has 1 aliphatic heterocycles. The molecule has 0 bridgehead atoms. The third-order valence-electron chi connectivity index (χ3n) is 2.31. The molecular formula is C9H7ClF2O4S. The number of para-hydroxylation sites is 1. The number of hydrogen-bond acceptors (Lipinski definition) is 3. The molecule has 1 N–H and O–H groups in total. The van der Waals surface area contributed by atoms with Crippen LogP contribution in [0.4, 0.5) is 8.78 Å². The van der Waals surface area contributed by atoms with Gasteiger partial charge in [-0.25, -0.2) is 8.78 Å². The molecule has 0 amide bonds. The Balaban J connectivity index is 2.71. The van der Waals surface area contributed by atoms with Crippen molar-refractivity contribution in [3.63, 3.8) is 0 Å². The monoisotopic (exact) mass is 284 g/mol. The number of alkyl halides is 3. The summed E-state index contributed by atoms with van der Waals surface area (Å²) < 4.78 is 62.9. The van der Waals surface area contributed by atoms with Gasteiger partial charge in [-0.3, -0.25) is 4.55 Å². The lowest BCUT2D eigenvalue weighted by Gasteiger charge is -2.29. The van der Waals surface area contributed by atoms with Crippen molar-refractivity contribution in [3.8, 4) is 5.75 Å². The normalized spacial score (nSPS) is 22.7. The molecule has 4 nitrogen and oxygen atoms in total. The van der Waals surface area contributed by atoms with Gasteiger partial charge in [-0.1, -0.05) is 17.7 Å². The van der Waals surface area contributed by atoms with Crippen LogP contribution in [0.25, 0.3) is 0 Å². The molecule has 1 aromatic carbocycles. The van der Waals surface area contributed by atoms with Crippen molar-refractivity contribution >= 4 is 21.7 Å². The number of fused-ring (bicyclic) bond motifs is 1. The highest BCUT2D eigenvalue weighted by molar-refractivity contribution is 7.86. The van der Waals surface area contributed by atoms with Gasteiger partial charge in [-0.05, 0) is 12.1 Å². The predicted molar refractivity (Wildman–Crippen MR) is 55.0 cm³/mol. The van der Waals surface area contributed by atoms with Crippen LogP contribution in [-0.2, 0) is 16.0 Å². The lowest BCUT2D eigenvalue weighted by Crippen LogP contribution is -2.30. The molecule has 1 aromatic rings. The second-order valence-electron chi connectivity index (χ2n) is 3.54. The summed E-state index contributed by atoms with van der Waals surface area (Å²) in [5, 5.41) is 0. The van der Waals surface area contributed by atoms with Gasteiger partial charge in [0, 0.05) is 0 Å². The van der Waals surface area contributed by atoms with E-state index in [9.17, 15) is 17.2 Å². The molecule has 0 spiro atoms. The number of hydrogen-bond donors (Lipinski definition) is 1. The lowest BCUT2D eigenvalue weighted by molar-refractivity contribution is -0.0495. The van der Waals surface area contributed by atoms with E-state index in [1.807, 2.05) is 0 Å². The van der Waals surface area contributed by atoms with E-state index in [1.54, 1.807) is 0 Å².